The first-order chi connectivity index (χ1) is 4.77. The van der Waals surface area contributed by atoms with E-state index >= 15 is 0 Å². The van der Waals surface area contributed by atoms with E-state index in [1.54, 1.807) is 19.6 Å². The molecule has 0 heterocycles. The molecular formula is C5H11NO3SSi. The van der Waals surface area contributed by atoms with Gasteiger partial charge in [0.05, 0.1) is 6.07 Å². The van der Waals surface area contributed by atoms with Gasteiger partial charge in [0, 0.05) is 0 Å². The first-order valence-electron chi connectivity index (χ1n) is 3.07. The Morgan fingerprint density at radius 1 is 1.45 bits per heavy atom. The van der Waals surface area contributed by atoms with Crippen molar-refractivity contribution in [1.82, 2.24) is 0 Å². The van der Waals surface area contributed by atoms with E-state index in [0.29, 0.717) is 0 Å². The summed E-state index contributed by atoms with van der Waals surface area (Å²) in [5.41, 5.74) is 0. The van der Waals surface area contributed by atoms with Gasteiger partial charge in [-0.2, -0.15) is 13.7 Å². The molecule has 0 saturated heterocycles. The van der Waals surface area contributed by atoms with Gasteiger partial charge >= 0.3 is 0 Å². The third kappa shape index (κ3) is 6.03. The summed E-state index contributed by atoms with van der Waals surface area (Å²) < 4.78 is 26.4. The Balaban J connectivity index is 4.30. The Hall–Kier alpha value is -0.383. The van der Waals surface area contributed by atoms with Crippen LogP contribution in [0.15, 0.2) is 0 Å². The minimum atomic E-state index is -3.59. The lowest BCUT2D eigenvalue weighted by atomic mass is 10.9. The van der Waals surface area contributed by atoms with Crippen molar-refractivity contribution in [2.45, 2.75) is 19.6 Å². The minimum Gasteiger partial charge on any atom is -0.315 e. The van der Waals surface area contributed by atoms with Crippen LogP contribution in [0.2, 0.25) is 19.6 Å². The molecule has 0 amide bonds. The molecule has 0 spiro atoms. The SMILES string of the molecule is C[Si](C)(C)OS(=O)(=O)CC#N. The average molecular weight is 193 g/mol. The van der Waals surface area contributed by atoms with Crippen LogP contribution in [0.1, 0.15) is 0 Å². The molecule has 4 nitrogen and oxygen atoms in total. The molecule has 0 N–H and O–H groups in total. The second-order valence-electron chi connectivity index (χ2n) is 3.06. The molecular weight excluding hydrogens is 182 g/mol. The smallest absolute Gasteiger partial charge is 0.271 e. The lowest BCUT2D eigenvalue weighted by Gasteiger charge is -2.14. The first kappa shape index (κ1) is 10.6. The van der Waals surface area contributed by atoms with Crippen molar-refractivity contribution in [3.05, 3.63) is 0 Å². The first-order valence-corrected chi connectivity index (χ1v) is 8.06. The highest BCUT2D eigenvalue weighted by molar-refractivity contribution is 7.88. The number of nitrogens with zero attached hydrogens (tertiary/aromatic N) is 1. The lowest BCUT2D eigenvalue weighted by Crippen LogP contribution is -2.30. The summed E-state index contributed by atoms with van der Waals surface area (Å²) in [5, 5.41) is 8.10. The highest BCUT2D eigenvalue weighted by atomic mass is 32.2. The van der Waals surface area contributed by atoms with Gasteiger partial charge in [-0.15, -0.1) is 0 Å². The zero-order valence-electron chi connectivity index (χ0n) is 6.79. The fourth-order valence-corrected chi connectivity index (χ4v) is 3.93. The Kier molecular flexibility index (Phi) is 3.23. The fraction of sp³-hybridized carbons (Fsp3) is 0.800. The highest BCUT2D eigenvalue weighted by Crippen LogP contribution is 2.07. The molecule has 0 unspecified atom stereocenters. The Morgan fingerprint density at radius 2 is 1.91 bits per heavy atom. The van der Waals surface area contributed by atoms with Crippen molar-refractivity contribution < 1.29 is 12.3 Å². The summed E-state index contributed by atoms with van der Waals surface area (Å²) in [6, 6.07) is 1.54. The van der Waals surface area contributed by atoms with Crippen molar-refractivity contribution in [3.8, 4) is 6.07 Å². The maximum Gasteiger partial charge on any atom is 0.271 e. The Labute approximate surface area is 68.0 Å². The standard InChI is InChI=1S/C5H11NO3SSi/c1-11(2,3)9-10(7,8)5-4-6/h5H2,1-3H3. The highest BCUT2D eigenvalue weighted by Gasteiger charge is 2.23. The zero-order valence-corrected chi connectivity index (χ0v) is 8.60. The van der Waals surface area contributed by atoms with E-state index in [4.69, 9.17) is 9.13 Å². The number of hydrogen-bond acceptors (Lipinski definition) is 4. The topological polar surface area (TPSA) is 67.2 Å². The molecule has 0 aliphatic carbocycles. The monoisotopic (exact) mass is 193 g/mol. The quantitative estimate of drug-likeness (QED) is 0.618. The molecule has 0 bridgehead atoms. The molecule has 0 aromatic carbocycles. The summed E-state index contributed by atoms with van der Waals surface area (Å²) in [6.45, 7) is 5.26. The van der Waals surface area contributed by atoms with Crippen molar-refractivity contribution in [1.29, 1.82) is 5.26 Å². The Morgan fingerprint density at radius 3 is 2.18 bits per heavy atom. The van der Waals surface area contributed by atoms with Gasteiger partial charge < -0.3 is 3.87 Å². The van der Waals surface area contributed by atoms with Gasteiger partial charge in [0.25, 0.3) is 10.1 Å². The largest absolute Gasteiger partial charge is 0.315 e. The van der Waals surface area contributed by atoms with Crippen molar-refractivity contribution >= 4 is 18.4 Å². The summed E-state index contributed by atoms with van der Waals surface area (Å²) in [7, 11) is -5.66. The normalized spacial score (nSPS) is 12.5. The second kappa shape index (κ2) is 3.34. The maximum atomic E-state index is 10.8. The number of nitriles is 1. The predicted octanol–water partition coefficient (Wildman–Crippen LogP) is 0.691. The van der Waals surface area contributed by atoms with Crippen LogP contribution in [0, 0.1) is 11.3 Å². The van der Waals surface area contributed by atoms with E-state index in [9.17, 15) is 8.42 Å². The molecule has 0 aliphatic heterocycles. The summed E-state index contributed by atoms with van der Waals surface area (Å²) in [5.74, 6) is -0.558. The molecule has 0 radical (unpaired) electrons. The fourth-order valence-electron chi connectivity index (χ4n) is 0.489. The van der Waals surface area contributed by atoms with E-state index in [0.717, 1.165) is 0 Å². The average Bonchev–Trinajstić information content (AvgIpc) is 1.55. The molecule has 6 heteroatoms. The van der Waals surface area contributed by atoms with Gasteiger partial charge in [0.15, 0.2) is 5.75 Å². The molecule has 0 aromatic rings. The third-order valence-electron chi connectivity index (χ3n) is 0.618. The van der Waals surface area contributed by atoms with Gasteiger partial charge in [-0.05, 0) is 19.6 Å². The van der Waals surface area contributed by atoms with E-state index in [-0.39, 0.29) is 0 Å². The minimum absolute atomic E-state index is 0.558. The summed E-state index contributed by atoms with van der Waals surface area (Å²) in [4.78, 5) is 0. The number of rotatable bonds is 3. The van der Waals surface area contributed by atoms with Gasteiger partial charge in [-0.3, -0.25) is 0 Å². The molecule has 0 fully saturated rings. The second-order valence-corrected chi connectivity index (χ2v) is 9.35. The summed E-state index contributed by atoms with van der Waals surface area (Å²) >= 11 is 0. The zero-order chi connectivity index (χ0) is 9.12. The van der Waals surface area contributed by atoms with Crippen LogP contribution in [0.3, 0.4) is 0 Å². The van der Waals surface area contributed by atoms with E-state index in [1.165, 1.54) is 6.07 Å². The molecule has 0 rings (SSSR count). The van der Waals surface area contributed by atoms with Gasteiger partial charge in [0.2, 0.25) is 8.32 Å². The van der Waals surface area contributed by atoms with Gasteiger partial charge in [0.1, 0.15) is 0 Å². The van der Waals surface area contributed by atoms with E-state index < -0.39 is 24.2 Å². The van der Waals surface area contributed by atoms with Crippen LogP contribution in [0.5, 0.6) is 0 Å². The molecule has 0 aliphatic rings. The van der Waals surface area contributed by atoms with Crippen LogP contribution in [-0.2, 0) is 14.0 Å². The number of hydrogen-bond donors (Lipinski definition) is 0. The van der Waals surface area contributed by atoms with Crippen molar-refractivity contribution in [2.24, 2.45) is 0 Å². The van der Waals surface area contributed by atoms with E-state index in [1.807, 2.05) is 0 Å². The van der Waals surface area contributed by atoms with Gasteiger partial charge in [-0.25, -0.2) is 0 Å². The molecule has 11 heavy (non-hydrogen) atoms. The maximum absolute atomic E-state index is 10.8. The van der Waals surface area contributed by atoms with Crippen molar-refractivity contribution in [3.63, 3.8) is 0 Å². The Bertz CT molecular complexity index is 258. The molecule has 0 atom stereocenters. The van der Waals surface area contributed by atoms with E-state index in [2.05, 4.69) is 0 Å². The van der Waals surface area contributed by atoms with Gasteiger partial charge in [-0.1, -0.05) is 0 Å². The molecule has 0 aromatic heterocycles. The van der Waals surface area contributed by atoms with Crippen molar-refractivity contribution in [2.75, 3.05) is 5.75 Å². The van der Waals surface area contributed by atoms with Crippen LogP contribution in [-0.4, -0.2) is 22.5 Å². The molecule has 64 valence electrons. The van der Waals surface area contributed by atoms with Crippen LogP contribution < -0.4 is 0 Å². The van der Waals surface area contributed by atoms with Crippen LogP contribution in [0.25, 0.3) is 0 Å². The predicted molar refractivity (Wildman–Crippen MR) is 43.8 cm³/mol. The third-order valence-corrected chi connectivity index (χ3v) is 4.12. The molecule has 0 saturated carbocycles. The lowest BCUT2D eigenvalue weighted by molar-refractivity contribution is 0.489. The van der Waals surface area contributed by atoms with Crippen LogP contribution >= 0.6 is 0 Å². The van der Waals surface area contributed by atoms with Crippen LogP contribution in [0.4, 0.5) is 0 Å². The summed E-state index contributed by atoms with van der Waals surface area (Å²) in [6.07, 6.45) is 0.